The fraction of sp³-hybridized carbons (Fsp3) is 0.400. The minimum absolute atomic E-state index is 0.0402. The molecule has 2 fully saturated rings. The van der Waals surface area contributed by atoms with E-state index in [4.69, 9.17) is 25.8 Å². The predicted molar refractivity (Wildman–Crippen MR) is 130 cm³/mol. The summed E-state index contributed by atoms with van der Waals surface area (Å²) >= 11 is 6.45. The maximum Gasteiger partial charge on any atom is 0.232 e. The van der Waals surface area contributed by atoms with Gasteiger partial charge in [0.1, 0.15) is 12.4 Å². The number of anilines is 1. The van der Waals surface area contributed by atoms with Crippen molar-refractivity contribution in [1.29, 1.82) is 0 Å². The zero-order valence-electron chi connectivity index (χ0n) is 19.5. The molecule has 10 heteroatoms. The van der Waals surface area contributed by atoms with Crippen molar-refractivity contribution in [3.8, 4) is 11.6 Å². The number of ether oxygens (including phenoxy) is 3. The molecule has 0 radical (unpaired) electrons. The first-order valence-electron chi connectivity index (χ1n) is 11.5. The van der Waals surface area contributed by atoms with Gasteiger partial charge in [-0.1, -0.05) is 23.7 Å². The molecule has 0 spiro atoms. The third-order valence-electron chi connectivity index (χ3n) is 6.68. The van der Waals surface area contributed by atoms with E-state index in [1.165, 1.54) is 12.1 Å². The Labute approximate surface area is 208 Å². The second-order valence-electron chi connectivity index (χ2n) is 8.76. The summed E-state index contributed by atoms with van der Waals surface area (Å²) in [7, 11) is 1.58. The molecular weight excluding hydrogens is 473 g/mol. The Bertz CT molecular complexity index is 1200. The Morgan fingerprint density at radius 2 is 2.20 bits per heavy atom. The molecule has 2 atom stereocenters. The van der Waals surface area contributed by atoms with E-state index in [0.29, 0.717) is 49.0 Å². The van der Waals surface area contributed by atoms with Gasteiger partial charge in [-0.2, -0.15) is 0 Å². The molecule has 8 nitrogen and oxygen atoms in total. The maximum absolute atomic E-state index is 13.7. The first kappa shape index (κ1) is 23.7. The van der Waals surface area contributed by atoms with E-state index in [-0.39, 0.29) is 18.5 Å². The lowest BCUT2D eigenvalue weighted by molar-refractivity contribution is 0.0277. The molecule has 4 heterocycles. The summed E-state index contributed by atoms with van der Waals surface area (Å²) in [4.78, 5) is 6.50. The lowest BCUT2D eigenvalue weighted by atomic mass is 9.80. The summed E-state index contributed by atoms with van der Waals surface area (Å²) in [5.74, 6) is 1.48. The van der Waals surface area contributed by atoms with Crippen molar-refractivity contribution in [2.24, 2.45) is 0 Å². The van der Waals surface area contributed by atoms with Crippen molar-refractivity contribution in [2.45, 2.75) is 31.0 Å². The van der Waals surface area contributed by atoms with Gasteiger partial charge in [-0.15, -0.1) is 16.8 Å². The second kappa shape index (κ2) is 9.93. The van der Waals surface area contributed by atoms with E-state index in [2.05, 4.69) is 26.7 Å². The van der Waals surface area contributed by atoms with E-state index >= 15 is 0 Å². The standard InChI is InChI=1S/C25H27ClFN5O3/c1-3-25(20-6-4-17(27)12-21(20)26)9-10-31(16-25)24-30-29-22(15-35-19-8-11-34-14-19)32(24)18-5-7-23(33-2)28-13-18/h3-7,12-13,19H,1,8-11,14-16H2,2H3/t19?,25-/m1/s1. The summed E-state index contributed by atoms with van der Waals surface area (Å²) in [6, 6.07) is 8.23. The Balaban J connectivity index is 1.48. The van der Waals surface area contributed by atoms with Crippen LogP contribution in [0.5, 0.6) is 5.88 Å². The number of aromatic nitrogens is 4. The van der Waals surface area contributed by atoms with Crippen LogP contribution in [0.3, 0.4) is 0 Å². The normalized spacial score (nSPS) is 22.0. The van der Waals surface area contributed by atoms with E-state index < -0.39 is 5.41 Å². The summed E-state index contributed by atoms with van der Waals surface area (Å²) < 4.78 is 32.4. The highest BCUT2D eigenvalue weighted by Gasteiger charge is 2.40. The highest BCUT2D eigenvalue weighted by atomic mass is 35.5. The quantitative estimate of drug-likeness (QED) is 0.432. The molecule has 35 heavy (non-hydrogen) atoms. The molecule has 184 valence electrons. The second-order valence-corrected chi connectivity index (χ2v) is 9.17. The van der Waals surface area contributed by atoms with Crippen molar-refractivity contribution in [3.63, 3.8) is 0 Å². The molecular formula is C25H27ClFN5O3. The average Bonchev–Trinajstić information content (AvgIpc) is 3.62. The average molecular weight is 500 g/mol. The molecule has 2 aliphatic heterocycles. The monoisotopic (exact) mass is 499 g/mol. The van der Waals surface area contributed by atoms with Crippen LogP contribution in [0.1, 0.15) is 24.2 Å². The van der Waals surface area contributed by atoms with Gasteiger partial charge in [0.25, 0.3) is 0 Å². The van der Waals surface area contributed by atoms with Gasteiger partial charge in [0.05, 0.1) is 31.7 Å². The highest BCUT2D eigenvalue weighted by molar-refractivity contribution is 6.31. The molecule has 2 aromatic heterocycles. The smallest absolute Gasteiger partial charge is 0.232 e. The van der Waals surface area contributed by atoms with Gasteiger partial charge in [0.15, 0.2) is 5.82 Å². The van der Waals surface area contributed by atoms with Crippen molar-refractivity contribution >= 4 is 17.5 Å². The molecule has 2 aliphatic rings. The summed E-state index contributed by atoms with van der Waals surface area (Å²) in [5, 5.41) is 9.38. The number of pyridine rings is 1. The maximum atomic E-state index is 13.7. The van der Waals surface area contributed by atoms with Gasteiger partial charge >= 0.3 is 0 Å². The first-order chi connectivity index (χ1) is 17.0. The van der Waals surface area contributed by atoms with Crippen LogP contribution in [0.15, 0.2) is 49.2 Å². The van der Waals surface area contributed by atoms with Crippen molar-refractivity contribution in [1.82, 2.24) is 19.7 Å². The van der Waals surface area contributed by atoms with Crippen molar-refractivity contribution < 1.29 is 18.6 Å². The Morgan fingerprint density at radius 3 is 2.89 bits per heavy atom. The van der Waals surface area contributed by atoms with Crippen molar-refractivity contribution in [3.05, 3.63) is 71.4 Å². The minimum atomic E-state index is -0.447. The molecule has 0 aliphatic carbocycles. The fourth-order valence-electron chi connectivity index (χ4n) is 4.73. The van der Waals surface area contributed by atoms with Gasteiger partial charge in [0.2, 0.25) is 11.8 Å². The Hall–Kier alpha value is -3.01. The van der Waals surface area contributed by atoms with Gasteiger partial charge in [-0.25, -0.2) is 9.37 Å². The number of hydrogen-bond donors (Lipinski definition) is 0. The zero-order valence-corrected chi connectivity index (χ0v) is 20.2. The third kappa shape index (κ3) is 4.63. The predicted octanol–water partition coefficient (Wildman–Crippen LogP) is 4.10. The summed E-state index contributed by atoms with van der Waals surface area (Å²) in [6.07, 6.45) is 5.27. The molecule has 0 amide bonds. The van der Waals surface area contributed by atoms with Gasteiger partial charge < -0.3 is 19.1 Å². The van der Waals surface area contributed by atoms with Gasteiger partial charge in [-0.05, 0) is 36.6 Å². The Kier molecular flexibility index (Phi) is 6.73. The topological polar surface area (TPSA) is 74.5 Å². The molecule has 3 aromatic rings. The molecule has 0 bridgehead atoms. The highest BCUT2D eigenvalue weighted by Crippen LogP contribution is 2.41. The SMILES string of the molecule is C=C[C@@]1(c2ccc(F)cc2Cl)CCN(c2nnc(COC3CCOC3)n2-c2ccc(OC)nc2)C1. The largest absolute Gasteiger partial charge is 0.481 e. The fourth-order valence-corrected chi connectivity index (χ4v) is 5.08. The summed E-state index contributed by atoms with van der Waals surface area (Å²) in [6.45, 7) is 6.92. The van der Waals surface area contributed by atoms with Crippen LogP contribution in [0.2, 0.25) is 5.02 Å². The van der Waals surface area contributed by atoms with Crippen LogP contribution in [0.4, 0.5) is 10.3 Å². The minimum Gasteiger partial charge on any atom is -0.481 e. The van der Waals surface area contributed by atoms with E-state index in [1.807, 2.05) is 16.7 Å². The van der Waals surface area contributed by atoms with Crippen LogP contribution in [-0.2, 0) is 21.5 Å². The zero-order chi connectivity index (χ0) is 24.4. The number of rotatable bonds is 8. The number of benzene rings is 1. The van der Waals surface area contributed by atoms with E-state index in [1.54, 1.807) is 25.4 Å². The van der Waals surface area contributed by atoms with Crippen LogP contribution in [-0.4, -0.2) is 59.3 Å². The third-order valence-corrected chi connectivity index (χ3v) is 6.99. The van der Waals surface area contributed by atoms with E-state index in [9.17, 15) is 4.39 Å². The lowest BCUT2D eigenvalue weighted by Gasteiger charge is -2.27. The number of nitrogens with zero attached hydrogens (tertiary/aromatic N) is 5. The van der Waals surface area contributed by atoms with Gasteiger partial charge in [-0.3, -0.25) is 4.57 Å². The van der Waals surface area contributed by atoms with Crippen LogP contribution in [0.25, 0.3) is 5.69 Å². The molecule has 2 saturated heterocycles. The molecule has 0 N–H and O–H groups in total. The Morgan fingerprint density at radius 1 is 1.31 bits per heavy atom. The summed E-state index contributed by atoms with van der Waals surface area (Å²) in [5.41, 5.74) is 1.19. The van der Waals surface area contributed by atoms with Crippen LogP contribution < -0.4 is 9.64 Å². The lowest BCUT2D eigenvalue weighted by Crippen LogP contribution is -2.31. The van der Waals surface area contributed by atoms with Crippen LogP contribution in [0, 0.1) is 5.82 Å². The molecule has 5 rings (SSSR count). The molecule has 0 saturated carbocycles. The number of hydrogen-bond acceptors (Lipinski definition) is 7. The number of halogens is 2. The van der Waals surface area contributed by atoms with E-state index in [0.717, 1.165) is 24.1 Å². The molecule has 1 aromatic carbocycles. The first-order valence-corrected chi connectivity index (χ1v) is 11.9. The number of methoxy groups -OCH3 is 1. The van der Waals surface area contributed by atoms with Gasteiger partial charge in [0, 0.05) is 36.2 Å². The van der Waals surface area contributed by atoms with Crippen molar-refractivity contribution in [2.75, 3.05) is 38.3 Å². The van der Waals surface area contributed by atoms with Crippen LogP contribution >= 0.6 is 11.6 Å². The molecule has 1 unspecified atom stereocenters.